The smallest absolute Gasteiger partial charge is 0.304 e. The third-order valence-corrected chi connectivity index (χ3v) is 5.60. The molecule has 2 aromatic carbocycles. The summed E-state index contributed by atoms with van der Waals surface area (Å²) in [6.07, 6.45) is 1.83. The summed E-state index contributed by atoms with van der Waals surface area (Å²) in [6, 6.07) is 19.3. The van der Waals surface area contributed by atoms with Crippen molar-refractivity contribution in [3.8, 4) is 0 Å². The Morgan fingerprint density at radius 2 is 1.40 bits per heavy atom. The van der Waals surface area contributed by atoms with Gasteiger partial charge in [-0.3, -0.25) is 4.57 Å². The molecule has 0 aliphatic rings. The van der Waals surface area contributed by atoms with Gasteiger partial charge in [0.05, 0.1) is 24.5 Å². The molecule has 0 radical (unpaired) electrons. The summed E-state index contributed by atoms with van der Waals surface area (Å²) in [5, 5.41) is 2.34. The van der Waals surface area contributed by atoms with Gasteiger partial charge in [0.2, 0.25) is 0 Å². The largest absolute Gasteiger partial charge is 0.331 e. The van der Waals surface area contributed by atoms with Gasteiger partial charge in [0.25, 0.3) is 0 Å². The lowest BCUT2D eigenvalue weighted by Crippen LogP contribution is -2.02. The topological polar surface area (TPSA) is 47.9 Å². The van der Waals surface area contributed by atoms with Crippen LogP contribution in [0.25, 0.3) is 0 Å². The van der Waals surface area contributed by atoms with Gasteiger partial charge < -0.3 is 9.05 Å². The zero-order valence-corrected chi connectivity index (χ0v) is 15.8. The number of benzene rings is 2. The average molecular weight is 375 g/mol. The fraction of sp³-hybridized carbons (Fsp3) is 0.316. The van der Waals surface area contributed by atoms with Crippen LogP contribution in [-0.4, -0.2) is 17.9 Å². The van der Waals surface area contributed by atoms with E-state index >= 15 is 0 Å². The Bertz CT molecular complexity index is 670. The summed E-state index contributed by atoms with van der Waals surface area (Å²) in [4.78, 5) is 3.87. The Kier molecular flexibility index (Phi) is 8.75. The van der Waals surface area contributed by atoms with E-state index in [9.17, 15) is 4.57 Å². The first-order valence-electron chi connectivity index (χ1n) is 8.21. The summed E-state index contributed by atoms with van der Waals surface area (Å²) < 4.78 is 24.5. The van der Waals surface area contributed by atoms with Crippen molar-refractivity contribution < 1.29 is 13.6 Å². The van der Waals surface area contributed by atoms with Crippen LogP contribution in [0.3, 0.4) is 0 Å². The second-order valence-corrected chi connectivity index (χ2v) is 7.90. The maximum Gasteiger partial charge on any atom is 0.331 e. The van der Waals surface area contributed by atoms with Crippen LogP contribution in [0.2, 0.25) is 0 Å². The van der Waals surface area contributed by atoms with Gasteiger partial charge in [0.15, 0.2) is 0 Å². The minimum Gasteiger partial charge on any atom is -0.304 e. The van der Waals surface area contributed by atoms with Gasteiger partial charge in [-0.25, -0.2) is 4.99 Å². The van der Waals surface area contributed by atoms with E-state index in [-0.39, 0.29) is 13.2 Å². The Hall–Kier alpha value is -1.61. The van der Waals surface area contributed by atoms with Crippen molar-refractivity contribution >= 4 is 25.0 Å². The second-order valence-electron chi connectivity index (χ2n) is 5.53. The Labute approximate surface area is 154 Å². The molecule has 2 aromatic rings. The monoisotopic (exact) mass is 375 g/mol. The Balaban J connectivity index is 1.93. The van der Waals surface area contributed by atoms with E-state index in [0.717, 1.165) is 17.5 Å². The van der Waals surface area contributed by atoms with E-state index in [1.165, 1.54) is 0 Å². The maximum atomic E-state index is 13.1. The van der Waals surface area contributed by atoms with Crippen LogP contribution in [0.1, 0.15) is 24.0 Å². The van der Waals surface area contributed by atoms with Gasteiger partial charge in [-0.1, -0.05) is 60.7 Å². The van der Waals surface area contributed by atoms with Gasteiger partial charge >= 0.3 is 7.60 Å². The molecule has 4 nitrogen and oxygen atoms in total. The summed E-state index contributed by atoms with van der Waals surface area (Å²) in [7, 11) is -3.19. The molecule has 0 atom stereocenters. The summed E-state index contributed by atoms with van der Waals surface area (Å²) in [6.45, 7) is 1.12. The summed E-state index contributed by atoms with van der Waals surface area (Å²) >= 11 is 4.55. The molecule has 0 saturated heterocycles. The minimum absolute atomic E-state index is 0.269. The fourth-order valence-corrected chi connectivity index (χ4v) is 3.93. The molecule has 0 heterocycles. The van der Waals surface area contributed by atoms with Crippen molar-refractivity contribution in [2.75, 3.05) is 12.7 Å². The summed E-state index contributed by atoms with van der Waals surface area (Å²) in [5.41, 5.74) is 1.94. The standard InChI is InChI=1S/C19H22NO3PS/c21-24(14-8-7-13-20-17-25,22-15-18-9-3-1-4-10-18)23-16-19-11-5-2-6-12-19/h1-6,9-12H,7-8,13-16H2. The quantitative estimate of drug-likeness (QED) is 0.225. The van der Waals surface area contributed by atoms with E-state index in [0.29, 0.717) is 19.1 Å². The van der Waals surface area contributed by atoms with Crippen molar-refractivity contribution in [1.82, 2.24) is 0 Å². The van der Waals surface area contributed by atoms with Gasteiger partial charge in [0, 0.05) is 6.54 Å². The predicted molar refractivity (Wildman–Crippen MR) is 104 cm³/mol. The van der Waals surface area contributed by atoms with E-state index in [4.69, 9.17) is 9.05 Å². The van der Waals surface area contributed by atoms with E-state index in [1.54, 1.807) is 0 Å². The van der Waals surface area contributed by atoms with Gasteiger partial charge in [-0.05, 0) is 36.2 Å². The normalized spacial score (nSPS) is 11.0. The number of unbranched alkanes of at least 4 members (excludes halogenated alkanes) is 1. The van der Waals surface area contributed by atoms with Crippen LogP contribution >= 0.6 is 19.8 Å². The van der Waals surface area contributed by atoms with Crippen LogP contribution in [0.4, 0.5) is 0 Å². The number of isothiocyanates is 1. The molecule has 0 bridgehead atoms. The molecule has 0 spiro atoms. The molecule has 0 saturated carbocycles. The van der Waals surface area contributed by atoms with Crippen molar-refractivity contribution in [3.63, 3.8) is 0 Å². The molecule has 0 unspecified atom stereocenters. The van der Waals surface area contributed by atoms with Crippen molar-refractivity contribution in [3.05, 3.63) is 71.8 Å². The van der Waals surface area contributed by atoms with Crippen LogP contribution < -0.4 is 0 Å². The highest BCUT2D eigenvalue weighted by molar-refractivity contribution is 7.78. The zero-order valence-electron chi connectivity index (χ0n) is 14.0. The van der Waals surface area contributed by atoms with Crippen LogP contribution in [0.15, 0.2) is 65.7 Å². The molecule has 0 amide bonds. The van der Waals surface area contributed by atoms with Crippen LogP contribution in [-0.2, 0) is 26.8 Å². The Morgan fingerprint density at radius 3 is 1.88 bits per heavy atom. The number of hydrogen-bond acceptors (Lipinski definition) is 5. The van der Waals surface area contributed by atoms with Crippen LogP contribution in [0.5, 0.6) is 0 Å². The fourth-order valence-electron chi connectivity index (χ4n) is 2.20. The molecule has 132 valence electrons. The number of aliphatic imine (C=N–C) groups is 1. The molecule has 0 fully saturated rings. The third kappa shape index (κ3) is 7.87. The highest BCUT2D eigenvalue weighted by Crippen LogP contribution is 2.50. The first-order chi connectivity index (χ1) is 12.2. The number of nitrogens with zero attached hydrogens (tertiary/aromatic N) is 1. The lowest BCUT2D eigenvalue weighted by molar-refractivity contribution is 0.190. The number of rotatable bonds is 11. The van der Waals surface area contributed by atoms with E-state index < -0.39 is 7.60 Å². The van der Waals surface area contributed by atoms with Crippen molar-refractivity contribution in [2.24, 2.45) is 4.99 Å². The minimum atomic E-state index is -3.19. The zero-order chi connectivity index (χ0) is 17.8. The Morgan fingerprint density at radius 1 is 0.880 bits per heavy atom. The first-order valence-corrected chi connectivity index (χ1v) is 10.3. The van der Waals surface area contributed by atoms with E-state index in [1.807, 2.05) is 60.7 Å². The van der Waals surface area contributed by atoms with Crippen molar-refractivity contribution in [1.29, 1.82) is 0 Å². The molecule has 25 heavy (non-hydrogen) atoms. The highest BCUT2D eigenvalue weighted by Gasteiger charge is 2.24. The van der Waals surface area contributed by atoms with Gasteiger partial charge in [0.1, 0.15) is 0 Å². The molecular formula is C19H22NO3PS. The van der Waals surface area contributed by atoms with Crippen molar-refractivity contribution in [2.45, 2.75) is 26.1 Å². The second kappa shape index (κ2) is 11.1. The highest BCUT2D eigenvalue weighted by atomic mass is 32.1. The molecule has 0 aliphatic heterocycles. The maximum absolute atomic E-state index is 13.1. The molecule has 2 rings (SSSR count). The SMILES string of the molecule is O=P(CCCCN=C=S)(OCc1ccccc1)OCc1ccccc1. The van der Waals surface area contributed by atoms with Gasteiger partial charge in [-0.2, -0.15) is 0 Å². The lowest BCUT2D eigenvalue weighted by atomic mass is 10.2. The molecule has 0 aromatic heterocycles. The molecular weight excluding hydrogens is 353 g/mol. The first kappa shape index (κ1) is 19.7. The predicted octanol–water partition coefficient (Wildman–Crippen LogP) is 5.50. The van der Waals surface area contributed by atoms with Crippen LogP contribution in [0, 0.1) is 0 Å². The number of hydrogen-bond donors (Lipinski definition) is 0. The summed E-state index contributed by atoms with van der Waals surface area (Å²) in [5.74, 6) is 0. The molecule has 0 N–H and O–H groups in total. The molecule has 0 aliphatic carbocycles. The molecule has 6 heteroatoms. The van der Waals surface area contributed by atoms with Gasteiger partial charge in [-0.15, -0.1) is 0 Å². The lowest BCUT2D eigenvalue weighted by Gasteiger charge is -2.19. The number of thiocarbonyl (C=S) groups is 1. The van der Waals surface area contributed by atoms with E-state index in [2.05, 4.69) is 22.4 Å². The third-order valence-electron chi connectivity index (χ3n) is 3.56. The average Bonchev–Trinajstić information content (AvgIpc) is 2.67.